The molecule has 1 unspecified atom stereocenters. The van der Waals surface area contributed by atoms with Crippen molar-refractivity contribution in [3.63, 3.8) is 0 Å². The van der Waals surface area contributed by atoms with Crippen LogP contribution in [0.1, 0.15) is 32.6 Å². The molecule has 0 saturated heterocycles. The van der Waals surface area contributed by atoms with E-state index in [4.69, 9.17) is 10.8 Å². The Morgan fingerprint density at radius 2 is 2.07 bits per heavy atom. The van der Waals surface area contributed by atoms with Crippen molar-refractivity contribution in [2.75, 3.05) is 6.54 Å². The number of rotatable bonds is 7. The third-order valence-electron chi connectivity index (χ3n) is 1.83. The standard InChI is InChI=1S/C9H18N2O3/c1-2-3-4-5-8(13)11-6-7(12)9(10)14/h7,12H,2-6H2,1H3,(H2,10,14)(H,11,13). The lowest BCUT2D eigenvalue weighted by molar-refractivity contribution is -0.127. The molecule has 0 spiro atoms. The van der Waals surface area contributed by atoms with E-state index in [-0.39, 0.29) is 12.5 Å². The number of carbonyl (C=O) groups is 2. The van der Waals surface area contributed by atoms with Crippen LogP contribution in [-0.2, 0) is 9.59 Å². The van der Waals surface area contributed by atoms with Gasteiger partial charge in [0.25, 0.3) is 0 Å². The smallest absolute Gasteiger partial charge is 0.248 e. The van der Waals surface area contributed by atoms with Crippen molar-refractivity contribution in [2.24, 2.45) is 5.73 Å². The Hall–Kier alpha value is -1.10. The molecule has 0 aliphatic rings. The molecule has 2 amide bonds. The molecule has 0 radical (unpaired) electrons. The Labute approximate surface area is 83.7 Å². The van der Waals surface area contributed by atoms with Crippen LogP contribution in [-0.4, -0.2) is 29.6 Å². The zero-order chi connectivity index (χ0) is 11.0. The molecule has 82 valence electrons. The maximum absolute atomic E-state index is 11.1. The molecule has 0 aromatic heterocycles. The highest BCUT2D eigenvalue weighted by Gasteiger charge is 2.11. The first-order valence-electron chi connectivity index (χ1n) is 4.82. The molecular formula is C9H18N2O3. The summed E-state index contributed by atoms with van der Waals surface area (Å²) in [5.41, 5.74) is 4.80. The van der Waals surface area contributed by atoms with Crippen LogP contribution < -0.4 is 11.1 Å². The molecule has 0 saturated carbocycles. The van der Waals surface area contributed by atoms with E-state index in [1.807, 2.05) is 0 Å². The molecule has 0 aromatic rings. The van der Waals surface area contributed by atoms with Crippen LogP contribution in [0.2, 0.25) is 0 Å². The lowest BCUT2D eigenvalue weighted by Gasteiger charge is -2.07. The highest BCUT2D eigenvalue weighted by atomic mass is 16.3. The lowest BCUT2D eigenvalue weighted by Crippen LogP contribution is -2.39. The normalized spacial score (nSPS) is 12.1. The number of aliphatic hydroxyl groups is 1. The monoisotopic (exact) mass is 202 g/mol. The molecule has 5 heteroatoms. The predicted octanol–water partition coefficient (Wildman–Crippen LogP) is -0.471. The van der Waals surface area contributed by atoms with Gasteiger partial charge in [0.1, 0.15) is 6.10 Å². The van der Waals surface area contributed by atoms with Crippen LogP contribution in [0, 0.1) is 0 Å². The SMILES string of the molecule is CCCCCC(=O)NCC(O)C(N)=O. The molecule has 14 heavy (non-hydrogen) atoms. The van der Waals surface area contributed by atoms with Gasteiger partial charge in [0.2, 0.25) is 11.8 Å². The molecule has 0 aliphatic heterocycles. The zero-order valence-corrected chi connectivity index (χ0v) is 8.45. The molecule has 0 heterocycles. The van der Waals surface area contributed by atoms with Gasteiger partial charge in [-0.3, -0.25) is 9.59 Å². The number of nitrogens with two attached hydrogens (primary N) is 1. The molecular weight excluding hydrogens is 184 g/mol. The Morgan fingerprint density at radius 1 is 1.43 bits per heavy atom. The van der Waals surface area contributed by atoms with Crippen molar-refractivity contribution < 1.29 is 14.7 Å². The van der Waals surface area contributed by atoms with E-state index >= 15 is 0 Å². The number of carbonyl (C=O) groups excluding carboxylic acids is 2. The molecule has 0 fully saturated rings. The van der Waals surface area contributed by atoms with Gasteiger partial charge in [-0.1, -0.05) is 19.8 Å². The molecule has 5 nitrogen and oxygen atoms in total. The third kappa shape index (κ3) is 6.42. The summed E-state index contributed by atoms with van der Waals surface area (Å²) in [7, 11) is 0. The first-order chi connectivity index (χ1) is 6.57. The Morgan fingerprint density at radius 3 is 2.57 bits per heavy atom. The fraction of sp³-hybridized carbons (Fsp3) is 0.778. The van der Waals surface area contributed by atoms with Crippen LogP contribution in [0.15, 0.2) is 0 Å². The molecule has 4 N–H and O–H groups in total. The van der Waals surface area contributed by atoms with Crippen molar-refractivity contribution >= 4 is 11.8 Å². The van der Waals surface area contributed by atoms with Gasteiger partial charge >= 0.3 is 0 Å². The minimum Gasteiger partial charge on any atom is -0.381 e. The van der Waals surface area contributed by atoms with Crippen LogP contribution in [0.5, 0.6) is 0 Å². The van der Waals surface area contributed by atoms with E-state index in [1.165, 1.54) is 0 Å². The number of hydrogen-bond donors (Lipinski definition) is 3. The molecule has 0 rings (SSSR count). The summed E-state index contributed by atoms with van der Waals surface area (Å²) in [4.78, 5) is 21.5. The fourth-order valence-electron chi connectivity index (χ4n) is 0.935. The van der Waals surface area contributed by atoms with Gasteiger partial charge in [-0.05, 0) is 6.42 Å². The summed E-state index contributed by atoms with van der Waals surface area (Å²) in [6, 6.07) is 0. The number of aliphatic hydroxyl groups excluding tert-OH is 1. The average Bonchev–Trinajstić information content (AvgIpc) is 2.14. The van der Waals surface area contributed by atoms with E-state index in [1.54, 1.807) is 0 Å². The second-order valence-electron chi connectivity index (χ2n) is 3.18. The van der Waals surface area contributed by atoms with Crippen molar-refractivity contribution in [3.8, 4) is 0 Å². The van der Waals surface area contributed by atoms with Gasteiger partial charge in [0.15, 0.2) is 0 Å². The van der Waals surface area contributed by atoms with Gasteiger partial charge in [0, 0.05) is 6.42 Å². The summed E-state index contributed by atoms with van der Waals surface area (Å²) >= 11 is 0. The summed E-state index contributed by atoms with van der Waals surface area (Å²) in [6.07, 6.45) is 2.03. The molecule has 0 bridgehead atoms. The van der Waals surface area contributed by atoms with Gasteiger partial charge < -0.3 is 16.2 Å². The van der Waals surface area contributed by atoms with Crippen LogP contribution in [0.25, 0.3) is 0 Å². The van der Waals surface area contributed by atoms with E-state index in [0.29, 0.717) is 6.42 Å². The Balaban J connectivity index is 3.48. The highest BCUT2D eigenvalue weighted by molar-refractivity contribution is 5.80. The maximum Gasteiger partial charge on any atom is 0.248 e. The second-order valence-corrected chi connectivity index (χ2v) is 3.18. The first-order valence-corrected chi connectivity index (χ1v) is 4.82. The minimum atomic E-state index is -1.29. The van der Waals surface area contributed by atoms with E-state index < -0.39 is 12.0 Å². The third-order valence-corrected chi connectivity index (χ3v) is 1.83. The van der Waals surface area contributed by atoms with Crippen molar-refractivity contribution in [3.05, 3.63) is 0 Å². The minimum absolute atomic E-state index is 0.0969. The average molecular weight is 202 g/mol. The van der Waals surface area contributed by atoms with Gasteiger partial charge in [-0.25, -0.2) is 0 Å². The summed E-state index contributed by atoms with van der Waals surface area (Å²) in [5, 5.41) is 11.4. The van der Waals surface area contributed by atoms with Crippen LogP contribution in [0.4, 0.5) is 0 Å². The van der Waals surface area contributed by atoms with E-state index in [9.17, 15) is 9.59 Å². The van der Waals surface area contributed by atoms with Gasteiger partial charge in [0.05, 0.1) is 6.54 Å². The number of unbranched alkanes of at least 4 members (excludes halogenated alkanes) is 2. The second kappa shape index (κ2) is 7.32. The summed E-state index contributed by atoms with van der Waals surface area (Å²) in [6.45, 7) is 1.95. The summed E-state index contributed by atoms with van der Waals surface area (Å²) in [5.74, 6) is -0.974. The topological polar surface area (TPSA) is 92.4 Å². The first kappa shape index (κ1) is 12.9. The Bertz CT molecular complexity index is 194. The predicted molar refractivity (Wildman–Crippen MR) is 52.4 cm³/mol. The largest absolute Gasteiger partial charge is 0.381 e. The summed E-state index contributed by atoms with van der Waals surface area (Å²) < 4.78 is 0. The van der Waals surface area contributed by atoms with Crippen LogP contribution >= 0.6 is 0 Å². The van der Waals surface area contributed by atoms with Crippen molar-refractivity contribution in [1.29, 1.82) is 0 Å². The number of nitrogens with one attached hydrogen (secondary N) is 1. The number of hydrogen-bond acceptors (Lipinski definition) is 3. The van der Waals surface area contributed by atoms with Gasteiger partial charge in [-0.2, -0.15) is 0 Å². The number of amides is 2. The van der Waals surface area contributed by atoms with Crippen molar-refractivity contribution in [2.45, 2.75) is 38.7 Å². The lowest BCUT2D eigenvalue weighted by atomic mass is 10.2. The fourth-order valence-corrected chi connectivity index (χ4v) is 0.935. The molecule has 0 aromatic carbocycles. The zero-order valence-electron chi connectivity index (χ0n) is 8.45. The molecule has 0 aliphatic carbocycles. The van der Waals surface area contributed by atoms with Crippen molar-refractivity contribution in [1.82, 2.24) is 5.32 Å². The van der Waals surface area contributed by atoms with E-state index in [0.717, 1.165) is 19.3 Å². The number of primary amides is 1. The van der Waals surface area contributed by atoms with Crippen LogP contribution in [0.3, 0.4) is 0 Å². The molecule has 1 atom stereocenters. The van der Waals surface area contributed by atoms with E-state index in [2.05, 4.69) is 12.2 Å². The quantitative estimate of drug-likeness (QED) is 0.487. The highest BCUT2D eigenvalue weighted by Crippen LogP contribution is 1.98. The Kier molecular flexibility index (Phi) is 6.74. The maximum atomic E-state index is 11.1. The van der Waals surface area contributed by atoms with Gasteiger partial charge in [-0.15, -0.1) is 0 Å².